The first-order chi connectivity index (χ1) is 12.5. The maximum atomic E-state index is 12.1. The van der Waals surface area contributed by atoms with E-state index in [2.05, 4.69) is 10.6 Å². The number of thioether (sulfide) groups is 1. The van der Waals surface area contributed by atoms with Crippen molar-refractivity contribution < 1.29 is 28.7 Å². The number of carbonyl (C=O) groups is 4. The first-order valence-corrected chi connectivity index (χ1v) is 8.62. The molecule has 0 aliphatic rings. The van der Waals surface area contributed by atoms with Crippen LogP contribution in [-0.2, 0) is 19.1 Å². The third-order valence-corrected chi connectivity index (χ3v) is 3.98. The molecule has 0 heterocycles. The second-order valence-electron chi connectivity index (χ2n) is 4.83. The van der Waals surface area contributed by atoms with Crippen molar-refractivity contribution in [3.05, 3.63) is 29.8 Å². The van der Waals surface area contributed by atoms with Gasteiger partial charge in [-0.1, -0.05) is 12.1 Å². The van der Waals surface area contributed by atoms with E-state index >= 15 is 0 Å². The highest BCUT2D eigenvalue weighted by atomic mass is 32.2. The lowest BCUT2D eigenvalue weighted by molar-refractivity contribution is -0.123. The molecule has 0 radical (unpaired) electrons. The zero-order valence-electron chi connectivity index (χ0n) is 14.5. The SMILES string of the molecule is CNC(=O)NC(=O)COC(=O)c1ccccc1SCC(=O)NCCOC. The van der Waals surface area contributed by atoms with Gasteiger partial charge in [0.15, 0.2) is 6.61 Å². The third kappa shape index (κ3) is 7.99. The average molecular weight is 383 g/mol. The van der Waals surface area contributed by atoms with Crippen LogP contribution in [-0.4, -0.2) is 63.5 Å². The van der Waals surface area contributed by atoms with E-state index in [4.69, 9.17) is 9.47 Å². The molecule has 0 bridgehead atoms. The van der Waals surface area contributed by atoms with Gasteiger partial charge in [-0.3, -0.25) is 14.9 Å². The maximum absolute atomic E-state index is 12.1. The molecule has 0 saturated carbocycles. The molecule has 9 nitrogen and oxygen atoms in total. The van der Waals surface area contributed by atoms with Crippen LogP contribution in [0.2, 0.25) is 0 Å². The number of carbonyl (C=O) groups excluding carboxylic acids is 4. The smallest absolute Gasteiger partial charge is 0.339 e. The molecular formula is C16H21N3O6S. The Morgan fingerprint density at radius 1 is 1.12 bits per heavy atom. The molecule has 1 rings (SSSR count). The van der Waals surface area contributed by atoms with Crippen molar-refractivity contribution in [3.63, 3.8) is 0 Å². The van der Waals surface area contributed by atoms with Gasteiger partial charge in [0.05, 0.1) is 17.9 Å². The Hall–Kier alpha value is -2.59. The molecule has 142 valence electrons. The highest BCUT2D eigenvalue weighted by Gasteiger charge is 2.16. The van der Waals surface area contributed by atoms with Gasteiger partial charge < -0.3 is 20.1 Å². The van der Waals surface area contributed by atoms with E-state index in [1.165, 1.54) is 32.0 Å². The van der Waals surface area contributed by atoms with Crippen LogP contribution in [0.15, 0.2) is 29.2 Å². The molecule has 0 unspecified atom stereocenters. The molecule has 0 aliphatic heterocycles. The molecule has 10 heteroatoms. The lowest BCUT2D eigenvalue weighted by Crippen LogP contribution is -2.39. The van der Waals surface area contributed by atoms with Crippen LogP contribution in [0.4, 0.5) is 4.79 Å². The van der Waals surface area contributed by atoms with E-state index in [-0.39, 0.29) is 17.2 Å². The summed E-state index contributed by atoms with van der Waals surface area (Å²) < 4.78 is 9.74. The van der Waals surface area contributed by atoms with E-state index in [0.717, 1.165) is 0 Å². The van der Waals surface area contributed by atoms with Gasteiger partial charge in [-0.25, -0.2) is 9.59 Å². The third-order valence-electron chi connectivity index (χ3n) is 2.91. The van der Waals surface area contributed by atoms with Crippen LogP contribution in [0.5, 0.6) is 0 Å². The van der Waals surface area contributed by atoms with Crippen molar-refractivity contribution in [2.24, 2.45) is 0 Å². The van der Waals surface area contributed by atoms with Gasteiger partial charge in [0.1, 0.15) is 0 Å². The zero-order valence-corrected chi connectivity index (χ0v) is 15.3. The molecule has 1 aromatic carbocycles. The van der Waals surface area contributed by atoms with Gasteiger partial charge in [-0.15, -0.1) is 11.8 Å². The number of esters is 1. The summed E-state index contributed by atoms with van der Waals surface area (Å²) in [5.74, 6) is -1.55. The molecule has 4 amide bonds. The number of methoxy groups -OCH3 is 1. The number of rotatable bonds is 9. The highest BCUT2D eigenvalue weighted by molar-refractivity contribution is 8.00. The Balaban J connectivity index is 2.56. The van der Waals surface area contributed by atoms with E-state index in [1.54, 1.807) is 18.2 Å². The monoisotopic (exact) mass is 383 g/mol. The predicted molar refractivity (Wildman–Crippen MR) is 94.9 cm³/mol. The molecule has 0 saturated heterocycles. The Labute approximate surface area is 155 Å². The summed E-state index contributed by atoms with van der Waals surface area (Å²) in [6.45, 7) is 0.222. The molecule has 0 spiro atoms. The number of hydrogen-bond donors (Lipinski definition) is 3. The molecule has 0 aromatic heterocycles. The Bertz CT molecular complexity index is 653. The minimum absolute atomic E-state index is 0.116. The average Bonchev–Trinajstić information content (AvgIpc) is 2.64. The first kappa shape index (κ1) is 21.5. The summed E-state index contributed by atoms with van der Waals surface area (Å²) in [4.78, 5) is 46.9. The number of ether oxygens (including phenoxy) is 2. The number of urea groups is 1. The minimum atomic E-state index is -0.750. The van der Waals surface area contributed by atoms with Gasteiger partial charge in [0.2, 0.25) is 5.91 Å². The van der Waals surface area contributed by atoms with Crippen molar-refractivity contribution in [3.8, 4) is 0 Å². The predicted octanol–water partition coefficient (Wildman–Crippen LogP) is 0.154. The molecule has 0 atom stereocenters. The Kier molecular flexibility index (Phi) is 9.80. The number of imide groups is 1. The fraction of sp³-hybridized carbons (Fsp3) is 0.375. The highest BCUT2D eigenvalue weighted by Crippen LogP contribution is 2.23. The number of amides is 4. The molecular weight excluding hydrogens is 362 g/mol. The number of nitrogens with one attached hydrogen (secondary N) is 3. The van der Waals surface area contributed by atoms with Crippen LogP contribution in [0.25, 0.3) is 0 Å². The van der Waals surface area contributed by atoms with Gasteiger partial charge in [0.25, 0.3) is 5.91 Å². The number of benzene rings is 1. The first-order valence-electron chi connectivity index (χ1n) is 7.64. The topological polar surface area (TPSA) is 123 Å². The molecule has 3 N–H and O–H groups in total. The fourth-order valence-corrected chi connectivity index (χ4v) is 2.55. The van der Waals surface area contributed by atoms with Crippen LogP contribution in [0, 0.1) is 0 Å². The van der Waals surface area contributed by atoms with Crippen molar-refractivity contribution in [1.82, 2.24) is 16.0 Å². The molecule has 0 fully saturated rings. The van der Waals surface area contributed by atoms with Crippen LogP contribution in [0.1, 0.15) is 10.4 Å². The van der Waals surface area contributed by atoms with Crippen molar-refractivity contribution in [1.29, 1.82) is 0 Å². The van der Waals surface area contributed by atoms with Gasteiger partial charge in [-0.05, 0) is 12.1 Å². The minimum Gasteiger partial charge on any atom is -0.452 e. The van der Waals surface area contributed by atoms with E-state index in [0.29, 0.717) is 18.0 Å². The van der Waals surface area contributed by atoms with E-state index in [1.807, 2.05) is 5.32 Å². The maximum Gasteiger partial charge on any atom is 0.339 e. The quantitative estimate of drug-likeness (QED) is 0.315. The molecule has 1 aromatic rings. The van der Waals surface area contributed by atoms with Gasteiger partial charge in [0, 0.05) is 25.6 Å². The standard InChI is InChI=1S/C16H21N3O6S/c1-17-16(23)19-13(20)9-25-15(22)11-5-3-4-6-12(11)26-10-14(21)18-7-8-24-2/h3-6H,7-10H2,1-2H3,(H,18,21)(H2,17,19,20,23). The summed E-state index contributed by atoms with van der Waals surface area (Å²) in [5.41, 5.74) is 0.231. The lowest BCUT2D eigenvalue weighted by Gasteiger charge is -2.09. The van der Waals surface area contributed by atoms with Gasteiger partial charge >= 0.3 is 12.0 Å². The lowest BCUT2D eigenvalue weighted by atomic mass is 10.2. The van der Waals surface area contributed by atoms with E-state index < -0.39 is 24.5 Å². The Morgan fingerprint density at radius 2 is 1.85 bits per heavy atom. The molecule has 0 aliphatic carbocycles. The van der Waals surface area contributed by atoms with E-state index in [9.17, 15) is 19.2 Å². The van der Waals surface area contributed by atoms with Crippen LogP contribution < -0.4 is 16.0 Å². The second kappa shape index (κ2) is 11.9. The van der Waals surface area contributed by atoms with Crippen LogP contribution in [0.3, 0.4) is 0 Å². The van der Waals surface area contributed by atoms with Crippen molar-refractivity contribution in [2.45, 2.75) is 4.90 Å². The second-order valence-corrected chi connectivity index (χ2v) is 5.85. The summed E-state index contributed by atoms with van der Waals surface area (Å²) in [7, 11) is 2.89. The van der Waals surface area contributed by atoms with Crippen LogP contribution >= 0.6 is 11.8 Å². The summed E-state index contributed by atoms with van der Waals surface area (Å²) in [6.07, 6.45) is 0. The molecule has 26 heavy (non-hydrogen) atoms. The Morgan fingerprint density at radius 3 is 2.54 bits per heavy atom. The summed E-state index contributed by atoms with van der Waals surface area (Å²) in [6, 6.07) is 5.88. The largest absolute Gasteiger partial charge is 0.452 e. The fourth-order valence-electron chi connectivity index (χ4n) is 1.68. The zero-order chi connectivity index (χ0) is 19.4. The van der Waals surface area contributed by atoms with Gasteiger partial charge in [-0.2, -0.15) is 0 Å². The summed E-state index contributed by atoms with van der Waals surface area (Å²) >= 11 is 1.17. The summed E-state index contributed by atoms with van der Waals surface area (Å²) in [5, 5.41) is 6.86. The van der Waals surface area contributed by atoms with Crippen molar-refractivity contribution >= 4 is 35.6 Å². The normalized spacial score (nSPS) is 9.92. The number of hydrogen-bond acceptors (Lipinski definition) is 7. The van der Waals surface area contributed by atoms with Crippen molar-refractivity contribution in [2.75, 3.05) is 39.7 Å².